The number of halogens is 1. The van der Waals surface area contributed by atoms with E-state index in [0.29, 0.717) is 62.2 Å². The molecule has 1 aromatic heterocycles. The number of nitrogens with zero attached hydrogens (tertiary/aromatic N) is 4. The van der Waals surface area contributed by atoms with E-state index in [1.807, 2.05) is 4.90 Å². The van der Waals surface area contributed by atoms with Crippen molar-refractivity contribution in [2.24, 2.45) is 7.05 Å². The van der Waals surface area contributed by atoms with Crippen molar-refractivity contribution in [3.8, 4) is 0 Å². The number of carbonyl (C=O) groups is 1. The minimum Gasteiger partial charge on any atom is -0.378 e. The topological polar surface area (TPSA) is 67.7 Å². The highest BCUT2D eigenvalue weighted by atomic mass is 19.1. The molecule has 0 bridgehead atoms. The molecule has 1 amide bonds. The van der Waals surface area contributed by atoms with E-state index in [-0.39, 0.29) is 23.7 Å². The molecule has 0 N–H and O–H groups in total. The Morgan fingerprint density at radius 1 is 1.26 bits per heavy atom. The Bertz CT molecular complexity index is 937. The zero-order valence-corrected chi connectivity index (χ0v) is 15.2. The van der Waals surface area contributed by atoms with E-state index in [2.05, 4.69) is 4.98 Å². The van der Waals surface area contributed by atoms with Crippen LogP contribution in [-0.4, -0.2) is 48.3 Å². The van der Waals surface area contributed by atoms with Crippen LogP contribution in [-0.2, 0) is 29.4 Å². The van der Waals surface area contributed by atoms with Crippen LogP contribution in [0.25, 0.3) is 0 Å². The zero-order valence-electron chi connectivity index (χ0n) is 15.2. The van der Waals surface area contributed by atoms with Crippen LogP contribution in [0.4, 0.5) is 15.9 Å². The molecule has 27 heavy (non-hydrogen) atoms. The predicted molar refractivity (Wildman–Crippen MR) is 98.7 cm³/mol. The minimum absolute atomic E-state index is 0.0140. The monoisotopic (exact) mass is 372 g/mol. The lowest BCUT2D eigenvalue weighted by molar-refractivity contribution is -0.118. The van der Waals surface area contributed by atoms with Gasteiger partial charge in [0.05, 0.1) is 19.6 Å². The summed E-state index contributed by atoms with van der Waals surface area (Å²) in [6, 6.07) is 6.25. The van der Waals surface area contributed by atoms with Gasteiger partial charge < -0.3 is 14.5 Å². The number of amides is 1. The number of fused-ring (bicyclic) bond motifs is 1. The van der Waals surface area contributed by atoms with Gasteiger partial charge in [0, 0.05) is 44.0 Å². The average molecular weight is 372 g/mol. The Kier molecular flexibility index (Phi) is 4.65. The van der Waals surface area contributed by atoms with Crippen molar-refractivity contribution >= 4 is 17.4 Å². The van der Waals surface area contributed by atoms with Gasteiger partial charge in [0.15, 0.2) is 0 Å². The Hall–Kier alpha value is -2.74. The SMILES string of the molecule is Cn1c(CC(=O)N2CCc3c(F)cccc32)nc(N2CCOCC2)cc1=O. The summed E-state index contributed by atoms with van der Waals surface area (Å²) in [7, 11) is 1.61. The molecule has 7 nitrogen and oxygen atoms in total. The van der Waals surface area contributed by atoms with E-state index in [1.54, 1.807) is 24.1 Å². The highest BCUT2D eigenvalue weighted by Crippen LogP contribution is 2.30. The second-order valence-electron chi connectivity index (χ2n) is 6.74. The molecule has 4 rings (SSSR count). The Morgan fingerprint density at radius 2 is 2.04 bits per heavy atom. The molecule has 0 spiro atoms. The molecule has 2 aliphatic rings. The molecule has 0 atom stereocenters. The van der Waals surface area contributed by atoms with Gasteiger partial charge in [-0.2, -0.15) is 0 Å². The summed E-state index contributed by atoms with van der Waals surface area (Å²) in [5.74, 6) is 0.486. The fourth-order valence-electron chi connectivity index (χ4n) is 3.57. The molecule has 1 saturated heterocycles. The number of anilines is 2. The first-order valence-electron chi connectivity index (χ1n) is 9.02. The molecule has 2 aromatic rings. The van der Waals surface area contributed by atoms with Gasteiger partial charge in [-0.1, -0.05) is 6.07 Å². The molecule has 0 unspecified atom stereocenters. The maximum atomic E-state index is 13.9. The highest BCUT2D eigenvalue weighted by molar-refractivity contribution is 5.96. The van der Waals surface area contributed by atoms with Crippen LogP contribution >= 0.6 is 0 Å². The van der Waals surface area contributed by atoms with Crippen LogP contribution in [0, 0.1) is 5.82 Å². The summed E-state index contributed by atoms with van der Waals surface area (Å²) in [4.78, 5) is 33.3. The molecular formula is C19H21FN4O3. The third-order valence-electron chi connectivity index (χ3n) is 5.13. The molecule has 0 radical (unpaired) electrons. The van der Waals surface area contributed by atoms with Crippen molar-refractivity contribution in [2.75, 3.05) is 42.6 Å². The first-order valence-corrected chi connectivity index (χ1v) is 9.02. The van der Waals surface area contributed by atoms with Gasteiger partial charge in [0.25, 0.3) is 5.56 Å². The van der Waals surface area contributed by atoms with Crippen molar-refractivity contribution < 1.29 is 13.9 Å². The van der Waals surface area contributed by atoms with E-state index in [1.165, 1.54) is 16.7 Å². The third kappa shape index (κ3) is 3.32. The summed E-state index contributed by atoms with van der Waals surface area (Å²) < 4.78 is 20.6. The second kappa shape index (κ2) is 7.11. The molecule has 0 aliphatic carbocycles. The number of morpholine rings is 1. The minimum atomic E-state index is -0.289. The van der Waals surface area contributed by atoms with E-state index >= 15 is 0 Å². The third-order valence-corrected chi connectivity index (χ3v) is 5.13. The van der Waals surface area contributed by atoms with E-state index in [0.717, 1.165) is 0 Å². The lowest BCUT2D eigenvalue weighted by Gasteiger charge is -2.28. The zero-order chi connectivity index (χ0) is 19.0. The van der Waals surface area contributed by atoms with Crippen LogP contribution in [0.3, 0.4) is 0 Å². The van der Waals surface area contributed by atoms with Gasteiger partial charge in [-0.15, -0.1) is 0 Å². The summed E-state index contributed by atoms with van der Waals surface area (Å²) in [6.07, 6.45) is 0.480. The van der Waals surface area contributed by atoms with E-state index in [9.17, 15) is 14.0 Å². The molecule has 0 saturated carbocycles. The summed E-state index contributed by atoms with van der Waals surface area (Å²) in [6.45, 7) is 2.92. The number of benzene rings is 1. The van der Waals surface area contributed by atoms with Crippen LogP contribution in [0.2, 0.25) is 0 Å². The normalized spacial score (nSPS) is 16.5. The van der Waals surface area contributed by atoms with Gasteiger partial charge in [-0.25, -0.2) is 9.37 Å². The van der Waals surface area contributed by atoms with Gasteiger partial charge in [0.1, 0.15) is 17.5 Å². The summed E-state index contributed by atoms with van der Waals surface area (Å²) in [5, 5.41) is 0. The molecule has 8 heteroatoms. The molecule has 1 fully saturated rings. The predicted octanol–water partition coefficient (Wildman–Crippen LogP) is 0.888. The standard InChI is InChI=1S/C19H21FN4O3/c1-22-16(21-17(12-18(22)25)23-7-9-27-10-8-23)11-19(26)24-6-5-13-14(20)3-2-4-15(13)24/h2-4,12H,5-11H2,1H3. The molecule has 1 aromatic carbocycles. The van der Waals surface area contributed by atoms with Gasteiger partial charge in [-0.3, -0.25) is 14.2 Å². The molecule has 2 aliphatic heterocycles. The number of hydrogen-bond acceptors (Lipinski definition) is 5. The maximum Gasteiger partial charge on any atom is 0.255 e. The lowest BCUT2D eigenvalue weighted by Crippen LogP contribution is -2.39. The number of hydrogen-bond donors (Lipinski definition) is 0. The quantitative estimate of drug-likeness (QED) is 0.801. The number of ether oxygens (including phenoxy) is 1. The first kappa shape index (κ1) is 17.7. The van der Waals surface area contributed by atoms with Crippen LogP contribution < -0.4 is 15.4 Å². The lowest BCUT2D eigenvalue weighted by atomic mass is 10.1. The first-order chi connectivity index (χ1) is 13.0. The van der Waals surface area contributed by atoms with Gasteiger partial charge in [0.2, 0.25) is 5.91 Å². The fourth-order valence-corrected chi connectivity index (χ4v) is 3.57. The highest BCUT2D eigenvalue weighted by Gasteiger charge is 2.27. The van der Waals surface area contributed by atoms with E-state index < -0.39 is 0 Å². The fraction of sp³-hybridized carbons (Fsp3) is 0.421. The number of rotatable bonds is 3. The smallest absolute Gasteiger partial charge is 0.255 e. The molecule has 3 heterocycles. The average Bonchev–Trinajstić information content (AvgIpc) is 3.11. The number of aromatic nitrogens is 2. The second-order valence-corrected chi connectivity index (χ2v) is 6.74. The Morgan fingerprint density at radius 3 is 2.81 bits per heavy atom. The van der Waals surface area contributed by atoms with Crippen molar-refractivity contribution in [1.82, 2.24) is 9.55 Å². The largest absolute Gasteiger partial charge is 0.378 e. The Balaban J connectivity index is 1.59. The van der Waals surface area contributed by atoms with Gasteiger partial charge >= 0.3 is 0 Å². The maximum absolute atomic E-state index is 13.9. The molecular weight excluding hydrogens is 351 g/mol. The molecule has 142 valence electrons. The van der Waals surface area contributed by atoms with Gasteiger partial charge in [-0.05, 0) is 18.6 Å². The Labute approximate surface area is 156 Å². The number of carbonyl (C=O) groups excluding carboxylic acids is 1. The van der Waals surface area contributed by atoms with Crippen LogP contribution in [0.5, 0.6) is 0 Å². The van der Waals surface area contributed by atoms with Crippen molar-refractivity contribution in [1.29, 1.82) is 0 Å². The summed E-state index contributed by atoms with van der Waals surface area (Å²) in [5.41, 5.74) is 0.964. The van der Waals surface area contributed by atoms with Crippen molar-refractivity contribution in [2.45, 2.75) is 12.8 Å². The summed E-state index contributed by atoms with van der Waals surface area (Å²) >= 11 is 0. The van der Waals surface area contributed by atoms with Crippen LogP contribution in [0.1, 0.15) is 11.4 Å². The van der Waals surface area contributed by atoms with Crippen molar-refractivity contribution in [3.05, 3.63) is 51.8 Å². The van der Waals surface area contributed by atoms with Crippen molar-refractivity contribution in [3.63, 3.8) is 0 Å². The van der Waals surface area contributed by atoms with Crippen LogP contribution in [0.15, 0.2) is 29.1 Å². The van der Waals surface area contributed by atoms with E-state index in [4.69, 9.17) is 4.74 Å².